The van der Waals surface area contributed by atoms with Crippen molar-refractivity contribution in [2.45, 2.75) is 0 Å². The maximum Gasteiger partial charge on any atom is 0.340 e. The topological polar surface area (TPSA) is 61.4 Å². The second-order valence-electron chi connectivity index (χ2n) is 3.06. The predicted octanol–water partition coefficient (Wildman–Crippen LogP) is 0.901. The molecule has 0 radical (unpaired) electrons. The summed E-state index contributed by atoms with van der Waals surface area (Å²) in [7, 11) is 0. The van der Waals surface area contributed by atoms with Gasteiger partial charge in [0.25, 0.3) is 0 Å². The van der Waals surface area contributed by atoms with E-state index in [0.717, 1.165) is 0 Å². The van der Waals surface area contributed by atoms with Crippen LogP contribution in [0, 0.1) is 0 Å². The number of benzene rings is 1. The molecule has 5 nitrogen and oxygen atoms in total. The Hall–Kier alpha value is -1.75. The molecule has 0 aliphatic carbocycles. The SMILES string of the molecule is O=C1CN(c2cccc(Cl)c2)NC(=O)N1. The highest BCUT2D eigenvalue weighted by molar-refractivity contribution is 6.30. The number of carbonyl (C=O) groups excluding carboxylic acids is 2. The number of anilines is 1. The van der Waals surface area contributed by atoms with Crippen molar-refractivity contribution in [3.63, 3.8) is 0 Å². The van der Waals surface area contributed by atoms with Gasteiger partial charge in [-0.2, -0.15) is 0 Å². The normalized spacial score (nSPS) is 15.9. The predicted molar refractivity (Wildman–Crippen MR) is 55.5 cm³/mol. The molecular formula is C9H8ClN3O2. The Morgan fingerprint density at radius 3 is 2.80 bits per heavy atom. The smallest absolute Gasteiger partial charge is 0.275 e. The van der Waals surface area contributed by atoms with E-state index in [1.165, 1.54) is 5.01 Å². The minimum atomic E-state index is -0.536. The lowest BCUT2D eigenvalue weighted by Crippen LogP contribution is -2.59. The molecule has 1 fully saturated rings. The van der Waals surface area contributed by atoms with E-state index in [9.17, 15) is 9.59 Å². The Morgan fingerprint density at radius 2 is 2.13 bits per heavy atom. The molecule has 0 saturated carbocycles. The maximum atomic E-state index is 11.1. The van der Waals surface area contributed by atoms with Crippen LogP contribution in [0.15, 0.2) is 24.3 Å². The summed E-state index contributed by atoms with van der Waals surface area (Å²) < 4.78 is 0. The zero-order valence-electron chi connectivity index (χ0n) is 7.66. The number of hydrazine groups is 1. The Kier molecular flexibility index (Phi) is 2.47. The van der Waals surface area contributed by atoms with Crippen LogP contribution in [0.5, 0.6) is 0 Å². The van der Waals surface area contributed by atoms with Crippen LogP contribution in [-0.2, 0) is 4.79 Å². The highest BCUT2D eigenvalue weighted by Gasteiger charge is 2.21. The second-order valence-corrected chi connectivity index (χ2v) is 3.49. The first kappa shape index (κ1) is 9.79. The Morgan fingerprint density at radius 1 is 1.33 bits per heavy atom. The number of rotatable bonds is 1. The van der Waals surface area contributed by atoms with Gasteiger partial charge in [0.05, 0.1) is 5.69 Å². The number of halogens is 1. The van der Waals surface area contributed by atoms with E-state index in [4.69, 9.17) is 11.6 Å². The van der Waals surface area contributed by atoms with Crippen LogP contribution in [0.4, 0.5) is 10.5 Å². The van der Waals surface area contributed by atoms with Crippen LogP contribution in [0.3, 0.4) is 0 Å². The monoisotopic (exact) mass is 225 g/mol. The number of imide groups is 1. The molecule has 1 aliphatic rings. The molecule has 1 aromatic carbocycles. The zero-order chi connectivity index (χ0) is 10.8. The molecule has 3 amide bonds. The average Bonchev–Trinajstić information content (AvgIpc) is 2.16. The van der Waals surface area contributed by atoms with E-state index in [2.05, 4.69) is 10.7 Å². The fourth-order valence-corrected chi connectivity index (χ4v) is 1.48. The largest absolute Gasteiger partial charge is 0.340 e. The van der Waals surface area contributed by atoms with Crippen molar-refractivity contribution >= 4 is 29.2 Å². The van der Waals surface area contributed by atoms with Crippen LogP contribution in [0.2, 0.25) is 5.02 Å². The molecule has 0 bridgehead atoms. The first-order valence-corrected chi connectivity index (χ1v) is 4.66. The molecule has 0 unspecified atom stereocenters. The maximum absolute atomic E-state index is 11.1. The molecule has 15 heavy (non-hydrogen) atoms. The quantitative estimate of drug-likeness (QED) is 0.747. The summed E-state index contributed by atoms with van der Waals surface area (Å²) in [5, 5.41) is 4.12. The summed E-state index contributed by atoms with van der Waals surface area (Å²) in [6, 6.07) is 6.35. The second kappa shape index (κ2) is 3.78. The Labute approximate surface area is 91.0 Å². The molecule has 1 aromatic rings. The molecule has 2 N–H and O–H groups in total. The van der Waals surface area contributed by atoms with E-state index in [-0.39, 0.29) is 12.5 Å². The van der Waals surface area contributed by atoms with Gasteiger partial charge in [0.1, 0.15) is 6.54 Å². The van der Waals surface area contributed by atoms with Gasteiger partial charge in [-0.25, -0.2) is 10.2 Å². The summed E-state index contributed by atoms with van der Waals surface area (Å²) in [5.74, 6) is -0.348. The van der Waals surface area contributed by atoms with Gasteiger partial charge in [0.2, 0.25) is 5.91 Å². The number of nitrogens with one attached hydrogen (secondary N) is 2. The van der Waals surface area contributed by atoms with Crippen LogP contribution in [0.1, 0.15) is 0 Å². The van der Waals surface area contributed by atoms with Crippen molar-refractivity contribution in [3.05, 3.63) is 29.3 Å². The summed E-state index contributed by atoms with van der Waals surface area (Å²) >= 11 is 5.80. The van der Waals surface area contributed by atoms with E-state index >= 15 is 0 Å². The molecule has 78 valence electrons. The Balaban J connectivity index is 2.23. The van der Waals surface area contributed by atoms with E-state index in [1.54, 1.807) is 24.3 Å². The number of hydrogen-bond acceptors (Lipinski definition) is 3. The van der Waals surface area contributed by atoms with Crippen LogP contribution < -0.4 is 15.8 Å². The van der Waals surface area contributed by atoms with Gasteiger partial charge in [0.15, 0.2) is 0 Å². The fourth-order valence-electron chi connectivity index (χ4n) is 1.30. The lowest BCUT2D eigenvalue weighted by Gasteiger charge is -2.28. The summed E-state index contributed by atoms with van der Waals surface area (Å²) in [6.07, 6.45) is 0. The first-order chi connectivity index (χ1) is 7.15. The van der Waals surface area contributed by atoms with E-state index in [0.29, 0.717) is 10.7 Å². The number of carbonyl (C=O) groups is 2. The highest BCUT2D eigenvalue weighted by atomic mass is 35.5. The third kappa shape index (κ3) is 2.19. The standard InChI is InChI=1S/C9H8ClN3O2/c10-6-2-1-3-7(4-6)13-5-8(14)11-9(15)12-13/h1-4H,5H2,(H2,11,12,14,15). The minimum Gasteiger partial charge on any atom is -0.275 e. The fraction of sp³-hybridized carbons (Fsp3) is 0.111. The van der Waals surface area contributed by atoms with Crippen molar-refractivity contribution in [3.8, 4) is 0 Å². The minimum absolute atomic E-state index is 0.0755. The molecule has 0 atom stereocenters. The molecule has 1 aliphatic heterocycles. The third-order valence-electron chi connectivity index (χ3n) is 1.91. The van der Waals surface area contributed by atoms with Crippen molar-refractivity contribution in [2.75, 3.05) is 11.6 Å². The van der Waals surface area contributed by atoms with Gasteiger partial charge in [-0.1, -0.05) is 17.7 Å². The van der Waals surface area contributed by atoms with Gasteiger partial charge in [-0.15, -0.1) is 0 Å². The van der Waals surface area contributed by atoms with Crippen LogP contribution in [-0.4, -0.2) is 18.5 Å². The lowest BCUT2D eigenvalue weighted by atomic mass is 10.3. The molecule has 2 rings (SSSR count). The van der Waals surface area contributed by atoms with Gasteiger partial charge >= 0.3 is 6.03 Å². The summed E-state index contributed by atoms with van der Waals surface area (Å²) in [6.45, 7) is 0.0755. The van der Waals surface area contributed by atoms with Gasteiger partial charge in [0, 0.05) is 5.02 Å². The summed E-state index contributed by atoms with van der Waals surface area (Å²) in [4.78, 5) is 22.1. The molecule has 0 spiro atoms. The number of nitrogens with zero attached hydrogens (tertiary/aromatic N) is 1. The number of urea groups is 1. The molecule has 1 heterocycles. The van der Waals surface area contributed by atoms with Crippen molar-refractivity contribution in [1.82, 2.24) is 10.7 Å². The third-order valence-corrected chi connectivity index (χ3v) is 2.15. The molecular weight excluding hydrogens is 218 g/mol. The van der Waals surface area contributed by atoms with Crippen molar-refractivity contribution in [2.24, 2.45) is 0 Å². The molecule has 6 heteroatoms. The highest BCUT2D eigenvalue weighted by Crippen LogP contribution is 2.18. The Bertz CT molecular complexity index is 406. The number of amides is 3. The van der Waals surface area contributed by atoms with Crippen LogP contribution >= 0.6 is 11.6 Å². The number of hydrogen-bond donors (Lipinski definition) is 2. The zero-order valence-corrected chi connectivity index (χ0v) is 8.41. The van der Waals surface area contributed by atoms with Gasteiger partial charge in [-0.05, 0) is 18.2 Å². The van der Waals surface area contributed by atoms with E-state index < -0.39 is 6.03 Å². The molecule has 0 aromatic heterocycles. The van der Waals surface area contributed by atoms with Gasteiger partial charge < -0.3 is 0 Å². The van der Waals surface area contributed by atoms with Crippen molar-refractivity contribution < 1.29 is 9.59 Å². The van der Waals surface area contributed by atoms with Crippen LogP contribution in [0.25, 0.3) is 0 Å². The average molecular weight is 226 g/mol. The van der Waals surface area contributed by atoms with Crippen molar-refractivity contribution in [1.29, 1.82) is 0 Å². The first-order valence-electron chi connectivity index (χ1n) is 4.29. The molecule has 1 saturated heterocycles. The summed E-state index contributed by atoms with van der Waals surface area (Å²) in [5.41, 5.74) is 3.17. The van der Waals surface area contributed by atoms with E-state index in [1.807, 2.05) is 0 Å². The van der Waals surface area contributed by atoms with Gasteiger partial charge in [-0.3, -0.25) is 15.1 Å². The lowest BCUT2D eigenvalue weighted by molar-refractivity contribution is -0.119.